The summed E-state index contributed by atoms with van der Waals surface area (Å²) in [7, 11) is 0. The number of hydrogen-bond donors (Lipinski definition) is 0. The van der Waals surface area contributed by atoms with Gasteiger partial charge >= 0.3 is 0 Å². The molecule has 6 heteroatoms. The maximum Gasteiger partial charge on any atom is 0.0542 e. The molecule has 3 heterocycles. The maximum absolute atomic E-state index is 2.47. The van der Waals surface area contributed by atoms with E-state index in [1.807, 2.05) is 0 Å². The molecule has 0 N–H and O–H groups in total. The molecule has 0 saturated heterocycles. The molecular weight excluding hydrogens is 1610 g/mol. The van der Waals surface area contributed by atoms with Gasteiger partial charge in [-0.1, -0.05) is 367 Å². The van der Waals surface area contributed by atoms with Gasteiger partial charge in [-0.05, 0) is 245 Å². The fourth-order valence-corrected chi connectivity index (χ4v) is 19.5. The van der Waals surface area contributed by atoms with E-state index < -0.39 is 0 Å². The molecule has 3 aromatic heterocycles. The molecule has 0 saturated carbocycles. The van der Waals surface area contributed by atoms with Crippen LogP contribution in [0.4, 0.5) is 51.2 Å². The van der Waals surface area contributed by atoms with E-state index in [2.05, 4.69) is 574 Å². The number of anilines is 9. The molecule has 0 spiro atoms. The van der Waals surface area contributed by atoms with Gasteiger partial charge in [-0.15, -0.1) is 0 Å². The summed E-state index contributed by atoms with van der Waals surface area (Å²) in [5, 5.41) is 7.46. The van der Waals surface area contributed by atoms with Gasteiger partial charge in [0.05, 0.1) is 38.8 Å². The number of para-hydroxylation sites is 6. The average Bonchev–Trinajstić information content (AvgIpc) is 1.59. The van der Waals surface area contributed by atoms with Crippen molar-refractivity contribution in [1.29, 1.82) is 0 Å². The molecule has 6 nitrogen and oxygen atoms in total. The summed E-state index contributed by atoms with van der Waals surface area (Å²) in [5.41, 5.74) is 33.8. The molecule has 0 bridgehead atoms. The van der Waals surface area contributed by atoms with Gasteiger partial charge in [0, 0.05) is 111 Å². The van der Waals surface area contributed by atoms with Crippen LogP contribution in [0.2, 0.25) is 0 Å². The van der Waals surface area contributed by atoms with Crippen molar-refractivity contribution < 1.29 is 0 Å². The van der Waals surface area contributed by atoms with E-state index in [0.29, 0.717) is 0 Å². The van der Waals surface area contributed by atoms with Gasteiger partial charge in [0.15, 0.2) is 0 Å². The molecule has 0 aliphatic carbocycles. The summed E-state index contributed by atoms with van der Waals surface area (Å²) in [4.78, 5) is 7.08. The predicted octanol–water partition coefficient (Wildman–Crippen LogP) is 35.0. The van der Waals surface area contributed by atoms with Crippen LogP contribution >= 0.6 is 0 Å². The third kappa shape index (κ3) is 17.1. The van der Waals surface area contributed by atoms with Crippen molar-refractivity contribution in [3.05, 3.63) is 505 Å². The lowest BCUT2D eigenvalue weighted by Gasteiger charge is -2.29. The zero-order valence-electron chi connectivity index (χ0n) is 78.9. The predicted molar refractivity (Wildman–Crippen MR) is 569 cm³/mol. The first kappa shape index (κ1) is 87.1. The molecule has 21 rings (SSSR count). The normalized spacial score (nSPS) is 12.0. The number of aryl methyl sites for hydroxylation is 2. The highest BCUT2D eigenvalue weighted by Gasteiger charge is 2.31. The van der Waals surface area contributed by atoms with E-state index >= 15 is 0 Å². The van der Waals surface area contributed by atoms with E-state index in [1.165, 1.54) is 138 Å². The van der Waals surface area contributed by atoms with E-state index in [0.717, 1.165) is 51.2 Å². The Kier molecular flexibility index (Phi) is 23.5. The van der Waals surface area contributed by atoms with Crippen LogP contribution < -0.4 is 14.7 Å². The first-order chi connectivity index (χ1) is 64.3. The van der Waals surface area contributed by atoms with Crippen LogP contribution in [-0.4, -0.2) is 13.7 Å². The quantitative estimate of drug-likeness (QED) is 0.0856. The van der Waals surface area contributed by atoms with Crippen molar-refractivity contribution >= 4 is 117 Å². The van der Waals surface area contributed by atoms with Crippen molar-refractivity contribution in [1.82, 2.24) is 13.7 Å². The van der Waals surface area contributed by atoms with Crippen molar-refractivity contribution in [3.63, 3.8) is 0 Å². The molecule has 0 aliphatic rings. The van der Waals surface area contributed by atoms with E-state index in [9.17, 15) is 0 Å². The summed E-state index contributed by atoms with van der Waals surface area (Å²) in [6.07, 6.45) is 0. The van der Waals surface area contributed by atoms with Gasteiger partial charge in [-0.25, -0.2) is 0 Å². The minimum absolute atomic E-state index is 0.0871. The molecule has 0 radical (unpaired) electrons. The highest BCUT2D eigenvalue weighted by Crippen LogP contribution is 2.48. The Bertz CT molecular complexity index is 7560. The minimum atomic E-state index is -0.190. The van der Waals surface area contributed by atoms with Crippen LogP contribution in [0.5, 0.6) is 0 Å². The standard InChI is InChI=1S/C47H48N2.C41H36N2.C39H32N2/c1-45(2,3)33-22-26-36(27-23-33)48(37-28-24-34(25-29-37)46(4,5)6)38-30-31-43-40(32-38)39-18-12-14-20-42(39)49(43)44-21-15-13-19-41(44)47(7,8)35-16-10-9-11-17-35;1-29-17-21-33(22-18-29)42(34-23-19-30(2)20-24-34)36-25-26-40-38(28-36)37-15-8-9-16-39(37)43(40)35-14-10-13-32(27-35)41(3,4)31-11-6-5-7-12-31;1-39(2,29-15-6-3-7-16-29)30-17-14-22-33(27-30)41-37-24-13-12-23-35(37)36-28-34(25-26-38(36)41)40(31-18-8-4-9-19-31)32-20-10-5-11-21-32/h9-32H,1-8H3;5-28H,1-4H3;3-28H,1-2H3. The third-order valence-corrected chi connectivity index (χ3v) is 27.3. The number of nitrogens with zero attached hydrogens (tertiary/aromatic N) is 6. The van der Waals surface area contributed by atoms with Crippen molar-refractivity contribution in [3.8, 4) is 17.1 Å². The van der Waals surface area contributed by atoms with Crippen LogP contribution in [0.1, 0.15) is 139 Å². The molecular formula is C127H116N6. The smallest absolute Gasteiger partial charge is 0.0542 e. The van der Waals surface area contributed by atoms with Gasteiger partial charge in [0.25, 0.3) is 0 Å². The Labute approximate surface area is 785 Å². The first-order valence-electron chi connectivity index (χ1n) is 46.8. The zero-order valence-corrected chi connectivity index (χ0v) is 78.9. The zero-order chi connectivity index (χ0) is 91.9. The van der Waals surface area contributed by atoms with Crippen LogP contribution in [0.25, 0.3) is 82.5 Å². The fourth-order valence-electron chi connectivity index (χ4n) is 19.5. The Morgan fingerprint density at radius 2 is 0.429 bits per heavy atom. The van der Waals surface area contributed by atoms with Crippen LogP contribution in [-0.2, 0) is 27.1 Å². The molecule has 21 aromatic rings. The van der Waals surface area contributed by atoms with Crippen LogP contribution in [0.3, 0.4) is 0 Å². The van der Waals surface area contributed by atoms with Crippen molar-refractivity contribution in [2.45, 2.75) is 124 Å². The SMILES string of the molecule is CC(C)(C)c1ccc(N(c2ccc(C(C)(C)C)cc2)c2ccc3c(c2)c2ccccc2n3-c2ccccc2C(C)(C)c2ccccc2)cc1.CC(C)(c1ccccc1)c1cccc(-n2c3ccccc3c3cc(N(c4ccccc4)c4ccccc4)ccc32)c1.Cc1ccc(N(c2ccc(C)cc2)c2ccc3c(c2)c2ccccc2n3-c2cccc(C(C)(C)c3ccccc3)c2)cc1. The molecule has 133 heavy (non-hydrogen) atoms. The first-order valence-corrected chi connectivity index (χ1v) is 46.8. The highest BCUT2D eigenvalue weighted by molar-refractivity contribution is 6.13. The van der Waals surface area contributed by atoms with E-state index in [1.54, 1.807) is 0 Å². The Balaban J connectivity index is 0.000000129. The summed E-state index contributed by atoms with van der Waals surface area (Å²) >= 11 is 0. The number of fused-ring (bicyclic) bond motifs is 9. The molecule has 0 unspecified atom stereocenters. The van der Waals surface area contributed by atoms with Gasteiger partial charge < -0.3 is 28.4 Å². The van der Waals surface area contributed by atoms with Gasteiger partial charge in [0.1, 0.15) is 0 Å². The largest absolute Gasteiger partial charge is 0.310 e. The second-order valence-electron chi connectivity index (χ2n) is 39.2. The second kappa shape index (κ2) is 35.9. The summed E-state index contributed by atoms with van der Waals surface area (Å²) in [5.74, 6) is 0. The van der Waals surface area contributed by atoms with E-state index in [4.69, 9.17) is 0 Å². The molecule has 0 aliphatic heterocycles. The van der Waals surface area contributed by atoms with Crippen molar-refractivity contribution in [2.24, 2.45) is 0 Å². The average molecular weight is 1730 g/mol. The lowest BCUT2D eigenvalue weighted by atomic mass is 9.77. The Morgan fingerprint density at radius 1 is 0.173 bits per heavy atom. The molecule has 0 atom stereocenters. The molecule has 0 fully saturated rings. The Hall–Kier alpha value is -15.2. The lowest BCUT2D eigenvalue weighted by Crippen LogP contribution is -2.21. The van der Waals surface area contributed by atoms with Gasteiger partial charge in [-0.3, -0.25) is 0 Å². The molecule has 654 valence electrons. The van der Waals surface area contributed by atoms with Crippen LogP contribution in [0, 0.1) is 13.8 Å². The summed E-state index contributed by atoms with van der Waals surface area (Å²) < 4.78 is 7.30. The fraction of sp³-hybridized carbons (Fsp3) is 0.150. The maximum atomic E-state index is 2.47. The molecule has 18 aromatic carbocycles. The Morgan fingerprint density at radius 3 is 0.774 bits per heavy atom. The highest BCUT2D eigenvalue weighted by atomic mass is 15.2. The van der Waals surface area contributed by atoms with Gasteiger partial charge in [-0.2, -0.15) is 0 Å². The topological polar surface area (TPSA) is 24.5 Å². The number of aromatic nitrogens is 3. The monoisotopic (exact) mass is 1720 g/mol. The lowest BCUT2D eigenvalue weighted by molar-refractivity contribution is 0.590. The van der Waals surface area contributed by atoms with Crippen LogP contribution in [0.15, 0.2) is 449 Å². The van der Waals surface area contributed by atoms with Crippen molar-refractivity contribution in [2.75, 3.05) is 14.7 Å². The second-order valence-corrected chi connectivity index (χ2v) is 39.2. The molecule has 0 amide bonds. The number of rotatable bonds is 18. The van der Waals surface area contributed by atoms with Gasteiger partial charge in [0.2, 0.25) is 0 Å². The number of benzene rings is 18. The number of hydrogen-bond acceptors (Lipinski definition) is 3. The van der Waals surface area contributed by atoms with E-state index in [-0.39, 0.29) is 27.1 Å². The summed E-state index contributed by atoms with van der Waals surface area (Å²) in [6, 6.07) is 163. The minimum Gasteiger partial charge on any atom is -0.310 e. The third-order valence-electron chi connectivity index (χ3n) is 27.3. The summed E-state index contributed by atoms with van der Waals surface area (Å²) in [6.45, 7) is 31.8.